The van der Waals surface area contributed by atoms with Crippen molar-refractivity contribution in [1.29, 1.82) is 0 Å². The molecule has 3 aromatic rings. The summed E-state index contributed by atoms with van der Waals surface area (Å²) in [6.45, 7) is 5.09. The number of benzene rings is 1. The van der Waals surface area contributed by atoms with E-state index in [4.69, 9.17) is 11.6 Å². The van der Waals surface area contributed by atoms with Crippen LogP contribution in [0.1, 0.15) is 37.0 Å². The molecular weight excluding hydrogens is 451 g/mol. The van der Waals surface area contributed by atoms with Gasteiger partial charge in [0, 0.05) is 10.6 Å². The quantitative estimate of drug-likeness (QED) is 0.571. The molecule has 1 atom stereocenters. The van der Waals surface area contributed by atoms with E-state index in [1.165, 1.54) is 18.2 Å². The molecule has 1 aliphatic heterocycles. The molecule has 2 aromatic heterocycles. The summed E-state index contributed by atoms with van der Waals surface area (Å²) in [6, 6.07) is 2.74. The van der Waals surface area contributed by atoms with E-state index < -0.39 is 29.3 Å². The Hall–Kier alpha value is -2.69. The summed E-state index contributed by atoms with van der Waals surface area (Å²) in [5.41, 5.74) is 0.0807. The van der Waals surface area contributed by atoms with Gasteiger partial charge in [-0.25, -0.2) is 9.37 Å². The largest absolute Gasteiger partial charge is 0.503 e. The zero-order chi connectivity index (χ0) is 21.7. The van der Waals surface area contributed by atoms with Crippen molar-refractivity contribution < 1.29 is 19.1 Å². The van der Waals surface area contributed by atoms with Crippen LogP contribution >= 0.6 is 34.3 Å². The van der Waals surface area contributed by atoms with Gasteiger partial charge in [-0.15, -0.1) is 21.5 Å². The van der Waals surface area contributed by atoms with Crippen LogP contribution in [0.2, 0.25) is 5.02 Å². The van der Waals surface area contributed by atoms with Crippen LogP contribution in [-0.2, 0) is 4.79 Å². The van der Waals surface area contributed by atoms with E-state index in [9.17, 15) is 19.1 Å². The Balaban J connectivity index is 1.96. The number of hydrogen-bond donors (Lipinski definition) is 1. The summed E-state index contributed by atoms with van der Waals surface area (Å²) >= 11 is 8.49. The minimum atomic E-state index is -1.30. The number of carbonyl (C=O) groups excluding carboxylic acids is 2. The Labute approximate surface area is 183 Å². The molecule has 154 valence electrons. The van der Waals surface area contributed by atoms with Gasteiger partial charge in [0.1, 0.15) is 16.9 Å². The lowest BCUT2D eigenvalue weighted by atomic mass is 9.94. The second kappa shape index (κ2) is 7.53. The van der Waals surface area contributed by atoms with Crippen molar-refractivity contribution in [2.75, 3.05) is 4.90 Å². The van der Waals surface area contributed by atoms with Gasteiger partial charge >= 0.3 is 0 Å². The van der Waals surface area contributed by atoms with E-state index in [0.717, 1.165) is 27.6 Å². The first-order valence-corrected chi connectivity index (χ1v) is 10.7. The van der Waals surface area contributed by atoms with Crippen molar-refractivity contribution in [2.24, 2.45) is 0 Å². The molecular formula is C19H14ClFN4O3S2. The van der Waals surface area contributed by atoms with Crippen LogP contribution in [0.25, 0.3) is 0 Å². The summed E-state index contributed by atoms with van der Waals surface area (Å²) in [7, 11) is 0. The molecule has 1 aliphatic rings. The zero-order valence-electron chi connectivity index (χ0n) is 15.9. The smallest absolute Gasteiger partial charge is 0.296 e. The minimum absolute atomic E-state index is 0.0104. The topological polar surface area (TPSA) is 96.3 Å². The monoisotopic (exact) mass is 464 g/mol. The van der Waals surface area contributed by atoms with Gasteiger partial charge in [-0.05, 0) is 32.9 Å². The van der Waals surface area contributed by atoms with Crippen LogP contribution < -0.4 is 4.90 Å². The van der Waals surface area contributed by atoms with E-state index in [1.54, 1.807) is 20.8 Å². The zero-order valence-corrected chi connectivity index (χ0v) is 18.3. The second-order valence-electron chi connectivity index (χ2n) is 6.56. The molecule has 1 unspecified atom stereocenters. The second-order valence-corrected chi connectivity index (χ2v) is 9.33. The molecule has 0 saturated heterocycles. The normalized spacial score (nSPS) is 16.6. The Morgan fingerprint density at radius 1 is 1.20 bits per heavy atom. The van der Waals surface area contributed by atoms with Crippen LogP contribution in [0.5, 0.6) is 0 Å². The van der Waals surface area contributed by atoms with Gasteiger partial charge in [-0.1, -0.05) is 29.0 Å². The number of amides is 1. The maximum absolute atomic E-state index is 14.9. The van der Waals surface area contributed by atoms with Crippen molar-refractivity contribution in [1.82, 2.24) is 15.2 Å². The molecule has 7 nitrogen and oxygen atoms in total. The van der Waals surface area contributed by atoms with E-state index >= 15 is 0 Å². The molecule has 3 heterocycles. The number of aromatic nitrogens is 3. The molecule has 1 aromatic carbocycles. The number of hydrogen-bond acceptors (Lipinski definition) is 8. The van der Waals surface area contributed by atoms with Gasteiger partial charge < -0.3 is 5.11 Å². The van der Waals surface area contributed by atoms with Crippen molar-refractivity contribution in [3.8, 4) is 0 Å². The van der Waals surface area contributed by atoms with Gasteiger partial charge in [0.15, 0.2) is 5.76 Å². The van der Waals surface area contributed by atoms with E-state index in [2.05, 4.69) is 15.2 Å². The van der Waals surface area contributed by atoms with Crippen molar-refractivity contribution in [3.05, 3.63) is 66.5 Å². The molecule has 30 heavy (non-hydrogen) atoms. The Morgan fingerprint density at radius 2 is 1.93 bits per heavy atom. The molecule has 11 heteroatoms. The number of aryl methyl sites for hydroxylation is 3. The number of halogens is 2. The highest BCUT2D eigenvalue weighted by Gasteiger charge is 2.48. The third-order valence-corrected chi connectivity index (χ3v) is 6.80. The van der Waals surface area contributed by atoms with Crippen LogP contribution in [-0.4, -0.2) is 32.0 Å². The van der Waals surface area contributed by atoms with Gasteiger partial charge in [-0.2, -0.15) is 0 Å². The summed E-state index contributed by atoms with van der Waals surface area (Å²) in [5.74, 6) is -2.99. The molecule has 0 bridgehead atoms. The fourth-order valence-corrected chi connectivity index (χ4v) is 5.18. The SMILES string of the molecule is Cc1nnc(N2C(=O)C(O)=C(C(=O)c3sc(C)nc3C)C2c2c(F)cccc2Cl)s1. The Morgan fingerprint density at radius 3 is 2.50 bits per heavy atom. The number of ketones is 1. The molecule has 1 N–H and O–H groups in total. The van der Waals surface area contributed by atoms with Crippen molar-refractivity contribution in [3.63, 3.8) is 0 Å². The molecule has 0 radical (unpaired) electrons. The predicted octanol–water partition coefficient (Wildman–Crippen LogP) is 4.50. The first-order chi connectivity index (χ1) is 14.2. The number of thiazole rings is 1. The van der Waals surface area contributed by atoms with Crippen LogP contribution in [0.15, 0.2) is 29.5 Å². The fourth-order valence-electron chi connectivity index (χ4n) is 3.33. The minimum Gasteiger partial charge on any atom is -0.503 e. The van der Waals surface area contributed by atoms with Crippen LogP contribution in [0.3, 0.4) is 0 Å². The summed E-state index contributed by atoms with van der Waals surface area (Å²) in [4.78, 5) is 31.9. The van der Waals surface area contributed by atoms with Crippen LogP contribution in [0, 0.1) is 26.6 Å². The number of anilines is 1. The lowest BCUT2D eigenvalue weighted by Gasteiger charge is -2.25. The van der Waals surface area contributed by atoms with Crippen molar-refractivity contribution in [2.45, 2.75) is 26.8 Å². The average Bonchev–Trinajstić information content (AvgIpc) is 3.32. The van der Waals surface area contributed by atoms with E-state index in [1.807, 2.05) is 0 Å². The van der Waals surface area contributed by atoms with Gasteiger partial charge in [0.2, 0.25) is 10.9 Å². The number of Topliss-reactive ketones (excluding diaryl/α,β-unsaturated/α-hetero) is 1. The van der Waals surface area contributed by atoms with Gasteiger partial charge in [0.25, 0.3) is 5.91 Å². The lowest BCUT2D eigenvalue weighted by Crippen LogP contribution is -2.31. The van der Waals surface area contributed by atoms with E-state index in [0.29, 0.717) is 15.7 Å². The maximum Gasteiger partial charge on any atom is 0.296 e. The summed E-state index contributed by atoms with van der Waals surface area (Å²) in [6.07, 6.45) is 0. The Kier molecular flexibility index (Phi) is 5.16. The number of carbonyl (C=O) groups is 2. The first-order valence-electron chi connectivity index (χ1n) is 8.70. The highest BCUT2D eigenvalue weighted by Crippen LogP contribution is 2.46. The third-order valence-electron chi connectivity index (χ3n) is 4.56. The third kappa shape index (κ3) is 3.21. The highest BCUT2D eigenvalue weighted by molar-refractivity contribution is 7.15. The number of nitrogens with zero attached hydrogens (tertiary/aromatic N) is 4. The van der Waals surface area contributed by atoms with Crippen LogP contribution in [0.4, 0.5) is 9.52 Å². The molecule has 0 saturated carbocycles. The summed E-state index contributed by atoms with van der Waals surface area (Å²) in [5, 5.41) is 19.9. The van der Waals surface area contributed by atoms with E-state index in [-0.39, 0.29) is 26.2 Å². The summed E-state index contributed by atoms with van der Waals surface area (Å²) < 4.78 is 14.9. The van der Waals surface area contributed by atoms with Gasteiger partial charge in [0.05, 0.1) is 21.2 Å². The molecule has 1 amide bonds. The van der Waals surface area contributed by atoms with Gasteiger partial charge in [-0.3, -0.25) is 14.5 Å². The highest BCUT2D eigenvalue weighted by atomic mass is 35.5. The maximum atomic E-state index is 14.9. The predicted molar refractivity (Wildman–Crippen MR) is 112 cm³/mol. The number of aliphatic hydroxyl groups is 1. The molecule has 4 rings (SSSR count). The molecule has 0 fully saturated rings. The first kappa shape index (κ1) is 20.6. The standard InChI is InChI=1S/C19H14ClFN4O3S2/c1-7-17(29-8(2)22-7)15(26)13-14(12-10(20)5-4-6-11(12)21)25(18(28)16(13)27)19-24-23-9(3)30-19/h4-6,14,27H,1-3H3. The molecule has 0 aliphatic carbocycles. The number of rotatable bonds is 4. The lowest BCUT2D eigenvalue weighted by molar-refractivity contribution is -0.117. The molecule has 0 spiro atoms. The average molecular weight is 465 g/mol. The number of aliphatic hydroxyl groups excluding tert-OH is 1. The van der Waals surface area contributed by atoms with Crippen molar-refractivity contribution >= 4 is 51.1 Å². The Bertz CT molecular complexity index is 1220. The fraction of sp³-hybridized carbons (Fsp3) is 0.211.